The molecule has 1 aliphatic rings. The molecule has 1 atom stereocenters. The molecule has 1 aliphatic heterocycles. The summed E-state index contributed by atoms with van der Waals surface area (Å²) >= 11 is 0. The molecule has 2 aromatic rings. The Labute approximate surface area is 94.6 Å². The normalized spacial score (nSPS) is 22.8. The molecule has 0 amide bonds. The van der Waals surface area contributed by atoms with Crippen LogP contribution in [0.15, 0.2) is 24.4 Å². The molecule has 0 aliphatic carbocycles. The molecule has 3 N–H and O–H groups in total. The molecule has 0 saturated heterocycles. The van der Waals surface area contributed by atoms with Gasteiger partial charge >= 0.3 is 0 Å². The summed E-state index contributed by atoms with van der Waals surface area (Å²) in [4.78, 5) is 3.19. The molecule has 3 nitrogen and oxygen atoms in total. The lowest BCUT2D eigenvalue weighted by Gasteiger charge is -2.36. The van der Waals surface area contributed by atoms with Gasteiger partial charge in [-0.3, -0.25) is 0 Å². The minimum absolute atomic E-state index is 0.0676. The van der Waals surface area contributed by atoms with Crippen molar-refractivity contribution in [2.45, 2.75) is 31.9 Å². The van der Waals surface area contributed by atoms with Crippen molar-refractivity contribution in [2.24, 2.45) is 5.73 Å². The van der Waals surface area contributed by atoms with E-state index in [0.29, 0.717) is 0 Å². The molecule has 16 heavy (non-hydrogen) atoms. The van der Waals surface area contributed by atoms with Gasteiger partial charge in [-0.05, 0) is 26.0 Å². The summed E-state index contributed by atoms with van der Waals surface area (Å²) in [6.07, 6.45) is 2.79. The van der Waals surface area contributed by atoms with E-state index in [-0.39, 0.29) is 11.6 Å². The number of fused-ring (bicyclic) bond motifs is 3. The number of aromatic amines is 1. The van der Waals surface area contributed by atoms with E-state index in [1.54, 1.807) is 0 Å². The monoisotopic (exact) mass is 216 g/mol. The van der Waals surface area contributed by atoms with Crippen molar-refractivity contribution >= 4 is 10.9 Å². The Balaban J connectivity index is 2.27. The Bertz CT molecular complexity index is 542. The second-order valence-corrected chi connectivity index (χ2v) is 5.10. The Hall–Kier alpha value is -1.48. The molecule has 3 rings (SSSR count). The maximum Gasteiger partial charge on any atom is 0.134 e. The van der Waals surface area contributed by atoms with Gasteiger partial charge in [-0.25, -0.2) is 0 Å². The van der Waals surface area contributed by atoms with E-state index in [4.69, 9.17) is 10.5 Å². The van der Waals surface area contributed by atoms with Gasteiger partial charge in [0.2, 0.25) is 0 Å². The second-order valence-electron chi connectivity index (χ2n) is 5.10. The van der Waals surface area contributed by atoms with Gasteiger partial charge in [0, 0.05) is 35.1 Å². The lowest BCUT2D eigenvalue weighted by Crippen LogP contribution is -2.37. The fraction of sp³-hybridized carbons (Fsp3) is 0.385. The number of hydrogen-bond acceptors (Lipinski definition) is 2. The van der Waals surface area contributed by atoms with Gasteiger partial charge in [-0.2, -0.15) is 0 Å². The zero-order valence-corrected chi connectivity index (χ0v) is 9.58. The van der Waals surface area contributed by atoms with Crippen molar-refractivity contribution < 1.29 is 4.74 Å². The highest BCUT2D eigenvalue weighted by Crippen LogP contribution is 2.42. The first kappa shape index (κ1) is 9.73. The van der Waals surface area contributed by atoms with Gasteiger partial charge in [0.15, 0.2) is 0 Å². The van der Waals surface area contributed by atoms with E-state index in [2.05, 4.69) is 31.0 Å². The molecule has 0 radical (unpaired) electrons. The van der Waals surface area contributed by atoms with Gasteiger partial charge in [-0.15, -0.1) is 0 Å². The summed E-state index contributed by atoms with van der Waals surface area (Å²) in [5.41, 5.74) is 8.23. The quantitative estimate of drug-likeness (QED) is 0.711. The van der Waals surface area contributed by atoms with Crippen molar-refractivity contribution in [3.8, 4) is 5.75 Å². The summed E-state index contributed by atoms with van der Waals surface area (Å²) in [5, 5.41) is 1.13. The number of aromatic nitrogens is 1. The Morgan fingerprint density at radius 1 is 1.38 bits per heavy atom. The Morgan fingerprint density at radius 3 is 3.00 bits per heavy atom. The van der Waals surface area contributed by atoms with E-state index < -0.39 is 0 Å². The van der Waals surface area contributed by atoms with Crippen molar-refractivity contribution in [3.63, 3.8) is 0 Å². The molecule has 1 aromatic carbocycles. The standard InChI is InChI=1S/C13H16N2O/c1-13(2)7-10(14)8-3-4-11-9(5-6-15-11)12(8)16-13/h3-6,10,15H,7,14H2,1-2H3. The van der Waals surface area contributed by atoms with Crippen LogP contribution in [0.5, 0.6) is 5.75 Å². The highest BCUT2D eigenvalue weighted by molar-refractivity contribution is 5.87. The Kier molecular flexibility index (Phi) is 1.83. The number of nitrogens with two attached hydrogens (primary N) is 1. The second kappa shape index (κ2) is 3.01. The van der Waals surface area contributed by atoms with Crippen LogP contribution in [0.25, 0.3) is 10.9 Å². The zero-order chi connectivity index (χ0) is 11.3. The van der Waals surface area contributed by atoms with Gasteiger partial charge in [0.25, 0.3) is 0 Å². The molecule has 0 fully saturated rings. The van der Waals surface area contributed by atoms with Crippen LogP contribution in [0.1, 0.15) is 31.9 Å². The van der Waals surface area contributed by atoms with Crippen LogP contribution in [0.4, 0.5) is 0 Å². The molecular formula is C13H16N2O. The molecule has 3 heteroatoms. The molecule has 84 valence electrons. The fourth-order valence-electron chi connectivity index (χ4n) is 2.49. The van der Waals surface area contributed by atoms with Gasteiger partial charge < -0.3 is 15.5 Å². The summed E-state index contributed by atoms with van der Waals surface area (Å²) < 4.78 is 6.06. The van der Waals surface area contributed by atoms with E-state index in [1.807, 2.05) is 12.3 Å². The van der Waals surface area contributed by atoms with Crippen LogP contribution in [-0.2, 0) is 0 Å². The lowest BCUT2D eigenvalue weighted by molar-refractivity contribution is 0.0750. The number of ether oxygens (including phenoxy) is 1. The third-order valence-electron chi connectivity index (χ3n) is 3.20. The molecule has 2 heterocycles. The Morgan fingerprint density at radius 2 is 2.19 bits per heavy atom. The predicted molar refractivity (Wildman–Crippen MR) is 64.6 cm³/mol. The van der Waals surface area contributed by atoms with Crippen molar-refractivity contribution in [2.75, 3.05) is 0 Å². The van der Waals surface area contributed by atoms with E-state index in [9.17, 15) is 0 Å². The molecule has 0 bridgehead atoms. The average Bonchev–Trinajstić information content (AvgIpc) is 2.63. The third-order valence-corrected chi connectivity index (χ3v) is 3.20. The lowest BCUT2D eigenvalue weighted by atomic mass is 9.89. The third kappa shape index (κ3) is 1.32. The molecule has 1 unspecified atom stereocenters. The minimum atomic E-state index is -0.183. The number of hydrogen-bond donors (Lipinski definition) is 2. The van der Waals surface area contributed by atoms with E-state index in [1.165, 1.54) is 0 Å². The predicted octanol–water partition coefficient (Wildman–Crippen LogP) is 2.73. The first-order chi connectivity index (χ1) is 7.57. The summed E-state index contributed by atoms with van der Waals surface area (Å²) in [6, 6.07) is 6.24. The van der Waals surface area contributed by atoms with Crippen molar-refractivity contribution in [1.29, 1.82) is 0 Å². The van der Waals surface area contributed by atoms with Crippen molar-refractivity contribution in [1.82, 2.24) is 4.98 Å². The highest BCUT2D eigenvalue weighted by Gasteiger charge is 2.32. The van der Waals surface area contributed by atoms with Crippen LogP contribution in [0.2, 0.25) is 0 Å². The van der Waals surface area contributed by atoms with Crippen LogP contribution in [0, 0.1) is 0 Å². The first-order valence-corrected chi connectivity index (χ1v) is 5.61. The van der Waals surface area contributed by atoms with E-state index >= 15 is 0 Å². The zero-order valence-electron chi connectivity index (χ0n) is 9.58. The van der Waals surface area contributed by atoms with Crippen LogP contribution in [-0.4, -0.2) is 10.6 Å². The van der Waals surface area contributed by atoms with Gasteiger partial charge in [-0.1, -0.05) is 6.07 Å². The van der Waals surface area contributed by atoms with Crippen LogP contribution in [0.3, 0.4) is 0 Å². The summed E-state index contributed by atoms with van der Waals surface area (Å²) in [6.45, 7) is 4.17. The molecule has 1 aromatic heterocycles. The minimum Gasteiger partial charge on any atom is -0.487 e. The number of nitrogens with one attached hydrogen (secondary N) is 1. The number of benzene rings is 1. The topological polar surface area (TPSA) is 51.0 Å². The van der Waals surface area contributed by atoms with Crippen LogP contribution < -0.4 is 10.5 Å². The maximum atomic E-state index is 6.19. The van der Waals surface area contributed by atoms with E-state index in [0.717, 1.165) is 28.6 Å². The molecule has 0 spiro atoms. The van der Waals surface area contributed by atoms with Crippen LogP contribution >= 0.6 is 0 Å². The smallest absolute Gasteiger partial charge is 0.134 e. The highest BCUT2D eigenvalue weighted by atomic mass is 16.5. The number of rotatable bonds is 0. The van der Waals surface area contributed by atoms with Gasteiger partial charge in [0.1, 0.15) is 11.4 Å². The summed E-state index contributed by atoms with van der Waals surface area (Å²) in [5.74, 6) is 0.947. The fourth-order valence-corrected chi connectivity index (χ4v) is 2.49. The molecule has 0 saturated carbocycles. The average molecular weight is 216 g/mol. The summed E-state index contributed by atoms with van der Waals surface area (Å²) in [7, 11) is 0. The SMILES string of the molecule is CC1(C)CC(N)c2ccc3[nH]ccc3c2O1. The number of H-pyrrole nitrogens is 1. The first-order valence-electron chi connectivity index (χ1n) is 5.61. The maximum absolute atomic E-state index is 6.19. The van der Waals surface area contributed by atoms with Crippen molar-refractivity contribution in [3.05, 3.63) is 30.0 Å². The largest absolute Gasteiger partial charge is 0.487 e. The molecular weight excluding hydrogens is 200 g/mol. The van der Waals surface area contributed by atoms with Gasteiger partial charge in [0.05, 0.1) is 0 Å².